The van der Waals surface area contributed by atoms with Crippen LogP contribution in [0.4, 0.5) is 10.1 Å². The smallest absolute Gasteiger partial charge is 0.325 e. The minimum Gasteiger partial charge on any atom is -0.480 e. The molecule has 0 aliphatic carbocycles. The third-order valence-electron chi connectivity index (χ3n) is 1.67. The highest BCUT2D eigenvalue weighted by Gasteiger charge is 2.12. The van der Waals surface area contributed by atoms with Gasteiger partial charge < -0.3 is 10.4 Å². The van der Waals surface area contributed by atoms with E-state index in [1.54, 1.807) is 0 Å². The van der Waals surface area contributed by atoms with E-state index in [9.17, 15) is 9.18 Å². The number of hydrogen-bond acceptors (Lipinski definition) is 2. The summed E-state index contributed by atoms with van der Waals surface area (Å²) in [6, 6.07) is 3.17. The highest BCUT2D eigenvalue weighted by Crippen LogP contribution is 2.19. The lowest BCUT2D eigenvalue weighted by Crippen LogP contribution is -2.25. The average molecular weight is 218 g/mol. The van der Waals surface area contributed by atoms with Crippen molar-refractivity contribution in [2.75, 3.05) is 5.32 Å². The summed E-state index contributed by atoms with van der Waals surface area (Å²) < 4.78 is 13.1. The van der Waals surface area contributed by atoms with Crippen LogP contribution in [0.15, 0.2) is 18.2 Å². The molecule has 0 aromatic heterocycles. The molecule has 0 aliphatic rings. The van der Waals surface area contributed by atoms with Gasteiger partial charge in [0.25, 0.3) is 0 Å². The molecule has 0 amide bonds. The third-order valence-corrected chi connectivity index (χ3v) is 1.91. The van der Waals surface area contributed by atoms with E-state index >= 15 is 0 Å². The van der Waals surface area contributed by atoms with E-state index in [0.717, 1.165) is 6.07 Å². The first-order valence-corrected chi connectivity index (χ1v) is 4.33. The summed E-state index contributed by atoms with van der Waals surface area (Å²) in [6.45, 7) is 1.43. The molecule has 76 valence electrons. The Hall–Kier alpha value is -1.29. The van der Waals surface area contributed by atoms with Crippen molar-refractivity contribution >= 4 is 23.3 Å². The van der Waals surface area contributed by atoms with Crippen LogP contribution in [-0.4, -0.2) is 17.1 Å². The van der Waals surface area contributed by atoms with Gasteiger partial charge in [-0.2, -0.15) is 0 Å². The largest absolute Gasteiger partial charge is 0.480 e. The molecule has 0 fully saturated rings. The molecule has 14 heavy (non-hydrogen) atoms. The van der Waals surface area contributed by atoms with Gasteiger partial charge in [0, 0.05) is 5.02 Å². The van der Waals surface area contributed by atoms with Crippen molar-refractivity contribution < 1.29 is 14.3 Å². The van der Waals surface area contributed by atoms with E-state index in [1.807, 2.05) is 0 Å². The summed E-state index contributed by atoms with van der Waals surface area (Å²) in [7, 11) is 0. The van der Waals surface area contributed by atoms with Crippen molar-refractivity contribution in [3.63, 3.8) is 0 Å². The van der Waals surface area contributed by atoms with E-state index in [-0.39, 0.29) is 10.7 Å². The Bertz CT molecular complexity index is 357. The number of aliphatic carboxylic acids is 1. The van der Waals surface area contributed by atoms with Crippen LogP contribution in [0.3, 0.4) is 0 Å². The van der Waals surface area contributed by atoms with Gasteiger partial charge >= 0.3 is 5.97 Å². The molecule has 0 radical (unpaired) electrons. The van der Waals surface area contributed by atoms with Crippen LogP contribution in [-0.2, 0) is 4.79 Å². The SMILES string of the molecule is CC(Nc1ccc(Cl)cc1F)C(=O)O. The maximum Gasteiger partial charge on any atom is 0.325 e. The minimum absolute atomic E-state index is 0.129. The Morgan fingerprint density at radius 3 is 2.79 bits per heavy atom. The predicted molar refractivity (Wildman–Crippen MR) is 52.1 cm³/mol. The second-order valence-electron chi connectivity index (χ2n) is 2.83. The zero-order chi connectivity index (χ0) is 10.7. The normalized spacial score (nSPS) is 12.2. The van der Waals surface area contributed by atoms with Crippen molar-refractivity contribution in [3.8, 4) is 0 Å². The first-order valence-electron chi connectivity index (χ1n) is 3.95. The monoisotopic (exact) mass is 217 g/mol. The molecule has 2 N–H and O–H groups in total. The van der Waals surface area contributed by atoms with E-state index in [0.29, 0.717) is 0 Å². The number of carboxylic acid groups (broad SMARTS) is 1. The number of hydrogen-bond donors (Lipinski definition) is 2. The zero-order valence-corrected chi connectivity index (χ0v) is 8.18. The Balaban J connectivity index is 2.82. The van der Waals surface area contributed by atoms with Crippen LogP contribution in [0.25, 0.3) is 0 Å². The lowest BCUT2D eigenvalue weighted by atomic mass is 10.2. The molecule has 1 unspecified atom stereocenters. The summed E-state index contributed by atoms with van der Waals surface area (Å²) in [5.41, 5.74) is 0.129. The summed E-state index contributed by atoms with van der Waals surface area (Å²) in [5.74, 6) is -1.61. The van der Waals surface area contributed by atoms with Gasteiger partial charge in [-0.3, -0.25) is 4.79 Å². The summed E-state index contributed by atoms with van der Waals surface area (Å²) in [5, 5.41) is 11.4. The van der Waals surface area contributed by atoms with E-state index < -0.39 is 17.8 Å². The van der Waals surface area contributed by atoms with Gasteiger partial charge in [-0.15, -0.1) is 0 Å². The number of nitrogens with one attached hydrogen (secondary N) is 1. The molecule has 0 spiro atoms. The summed E-state index contributed by atoms with van der Waals surface area (Å²) in [4.78, 5) is 10.5. The Kier molecular flexibility index (Phi) is 3.30. The van der Waals surface area contributed by atoms with Crippen molar-refractivity contribution in [2.45, 2.75) is 13.0 Å². The molecule has 3 nitrogen and oxygen atoms in total. The molecule has 0 heterocycles. The molecule has 0 aliphatic heterocycles. The van der Waals surface area contributed by atoms with Gasteiger partial charge in [0.15, 0.2) is 0 Å². The van der Waals surface area contributed by atoms with Crippen molar-refractivity contribution in [2.24, 2.45) is 0 Å². The second-order valence-corrected chi connectivity index (χ2v) is 3.26. The van der Waals surface area contributed by atoms with Crippen LogP contribution in [0.2, 0.25) is 5.02 Å². The van der Waals surface area contributed by atoms with Crippen LogP contribution in [0, 0.1) is 5.82 Å². The van der Waals surface area contributed by atoms with E-state index in [1.165, 1.54) is 19.1 Å². The maximum absolute atomic E-state index is 13.1. The molecule has 0 saturated heterocycles. The molecule has 0 bridgehead atoms. The fraction of sp³-hybridized carbons (Fsp3) is 0.222. The summed E-state index contributed by atoms with van der Waals surface area (Å²) in [6.07, 6.45) is 0. The van der Waals surface area contributed by atoms with Gasteiger partial charge in [0.2, 0.25) is 0 Å². The van der Waals surface area contributed by atoms with Crippen LogP contribution in [0.5, 0.6) is 0 Å². The third kappa shape index (κ3) is 2.60. The topological polar surface area (TPSA) is 49.3 Å². The first kappa shape index (κ1) is 10.8. The van der Waals surface area contributed by atoms with Crippen LogP contribution < -0.4 is 5.32 Å². The molecule has 1 aromatic carbocycles. The number of carboxylic acids is 1. The fourth-order valence-electron chi connectivity index (χ4n) is 0.902. The summed E-state index contributed by atoms with van der Waals surface area (Å²) >= 11 is 5.53. The quantitative estimate of drug-likeness (QED) is 0.817. The van der Waals surface area contributed by atoms with E-state index in [4.69, 9.17) is 16.7 Å². The Morgan fingerprint density at radius 1 is 1.64 bits per heavy atom. The van der Waals surface area contributed by atoms with Crippen molar-refractivity contribution in [1.29, 1.82) is 0 Å². The Morgan fingerprint density at radius 2 is 2.29 bits per heavy atom. The molecular formula is C9H9ClFNO2. The predicted octanol–water partition coefficient (Wildman–Crippen LogP) is 2.36. The zero-order valence-electron chi connectivity index (χ0n) is 7.42. The molecule has 0 saturated carbocycles. The van der Waals surface area contributed by atoms with Crippen molar-refractivity contribution in [1.82, 2.24) is 0 Å². The lowest BCUT2D eigenvalue weighted by Gasteiger charge is -2.11. The molecule has 5 heteroatoms. The Labute approximate surface area is 85.5 Å². The highest BCUT2D eigenvalue weighted by molar-refractivity contribution is 6.30. The van der Waals surface area contributed by atoms with Gasteiger partial charge in [0.05, 0.1) is 5.69 Å². The molecule has 1 atom stereocenters. The molecule has 1 rings (SSSR count). The lowest BCUT2D eigenvalue weighted by molar-refractivity contribution is -0.137. The standard InChI is InChI=1S/C9H9ClFNO2/c1-5(9(13)14)12-8-3-2-6(10)4-7(8)11/h2-5,12H,1H3,(H,13,14). The van der Waals surface area contributed by atoms with Crippen LogP contribution >= 0.6 is 11.6 Å². The first-order chi connectivity index (χ1) is 6.50. The maximum atomic E-state index is 13.1. The van der Waals surface area contributed by atoms with Gasteiger partial charge in [-0.25, -0.2) is 4.39 Å². The van der Waals surface area contributed by atoms with Crippen LogP contribution in [0.1, 0.15) is 6.92 Å². The fourth-order valence-corrected chi connectivity index (χ4v) is 1.06. The molecular weight excluding hydrogens is 209 g/mol. The number of anilines is 1. The molecule has 1 aromatic rings. The number of rotatable bonds is 3. The number of halogens is 2. The van der Waals surface area contributed by atoms with E-state index in [2.05, 4.69) is 5.32 Å². The van der Waals surface area contributed by atoms with Gasteiger partial charge in [0.1, 0.15) is 11.9 Å². The van der Waals surface area contributed by atoms with Crippen molar-refractivity contribution in [3.05, 3.63) is 29.0 Å². The second kappa shape index (κ2) is 4.28. The van der Waals surface area contributed by atoms with Gasteiger partial charge in [-0.1, -0.05) is 11.6 Å². The minimum atomic E-state index is -1.04. The number of benzene rings is 1. The average Bonchev–Trinajstić information content (AvgIpc) is 2.09. The highest BCUT2D eigenvalue weighted by atomic mass is 35.5. The van der Waals surface area contributed by atoms with Gasteiger partial charge in [-0.05, 0) is 25.1 Å². The number of carbonyl (C=O) groups is 1.